The molecule has 1 amide bonds. The van der Waals surface area contributed by atoms with Crippen LogP contribution in [0.3, 0.4) is 0 Å². The number of ether oxygens (including phenoxy) is 1. The lowest BCUT2D eigenvalue weighted by atomic mass is 10.3. The van der Waals surface area contributed by atoms with E-state index in [9.17, 15) is 9.59 Å². The van der Waals surface area contributed by atoms with Gasteiger partial charge in [-0.15, -0.1) is 0 Å². The molecule has 0 aliphatic carbocycles. The monoisotopic (exact) mass is 220 g/mol. The van der Waals surface area contributed by atoms with E-state index in [4.69, 9.17) is 16.3 Å². The summed E-state index contributed by atoms with van der Waals surface area (Å²) in [7, 11) is 0. The fraction of sp³-hybridized carbons (Fsp3) is 0.750. The molecule has 1 N–H and O–H groups in total. The molecule has 1 aliphatic rings. The lowest BCUT2D eigenvalue weighted by Gasteiger charge is -2.29. The fourth-order valence-electron chi connectivity index (χ4n) is 1.25. The van der Waals surface area contributed by atoms with Gasteiger partial charge in [0.1, 0.15) is 12.1 Å². The molecule has 1 heterocycles. The summed E-state index contributed by atoms with van der Waals surface area (Å²) in [4.78, 5) is 23.4. The quantitative estimate of drug-likeness (QED) is 0.398. The highest BCUT2D eigenvalue weighted by Gasteiger charge is 2.22. The van der Waals surface area contributed by atoms with Crippen LogP contribution in [0.25, 0.3) is 0 Å². The molecule has 0 spiro atoms. The van der Waals surface area contributed by atoms with Gasteiger partial charge in [0, 0.05) is 20.0 Å². The van der Waals surface area contributed by atoms with E-state index in [2.05, 4.69) is 5.32 Å². The van der Waals surface area contributed by atoms with Gasteiger partial charge in [0.2, 0.25) is 5.91 Å². The van der Waals surface area contributed by atoms with Crippen molar-refractivity contribution in [2.75, 3.05) is 26.2 Å². The van der Waals surface area contributed by atoms with E-state index < -0.39 is 0 Å². The van der Waals surface area contributed by atoms with E-state index in [1.807, 2.05) is 4.90 Å². The molecule has 1 atom stereocenters. The highest BCUT2D eigenvalue weighted by molar-refractivity contribution is 6.21. The van der Waals surface area contributed by atoms with Crippen LogP contribution < -0.4 is 5.32 Å². The molecule has 1 rings (SSSR count). The number of amides is 1. The van der Waals surface area contributed by atoms with Gasteiger partial charge in [0.25, 0.3) is 0 Å². The number of halogens is 1. The van der Waals surface area contributed by atoms with Crippen LogP contribution in [0.4, 0.5) is 0 Å². The first-order chi connectivity index (χ1) is 6.58. The van der Waals surface area contributed by atoms with E-state index >= 15 is 0 Å². The first-order valence-electron chi connectivity index (χ1n) is 4.37. The smallest absolute Gasteiger partial charge is 0.302 e. The molecule has 6 heteroatoms. The Morgan fingerprint density at radius 3 is 3.07 bits per heavy atom. The largest absolute Gasteiger partial charge is 0.465 e. The summed E-state index contributed by atoms with van der Waals surface area (Å²) in [5, 5.41) is 2.59. The van der Waals surface area contributed by atoms with Gasteiger partial charge >= 0.3 is 5.97 Å². The normalized spacial score (nSPS) is 23.0. The van der Waals surface area contributed by atoms with Crippen LogP contribution >= 0.6 is 11.6 Å². The summed E-state index contributed by atoms with van der Waals surface area (Å²) in [5.74, 6) is -0.409. The minimum Gasteiger partial charge on any atom is -0.465 e. The number of hydrogen-bond donors (Lipinski definition) is 1. The van der Waals surface area contributed by atoms with Crippen LogP contribution in [0, 0.1) is 0 Å². The molecule has 0 saturated carbocycles. The molecule has 1 fully saturated rings. The Morgan fingerprint density at radius 2 is 2.50 bits per heavy atom. The Bertz CT molecular complexity index is 235. The van der Waals surface area contributed by atoms with Crippen molar-refractivity contribution >= 4 is 23.5 Å². The first-order valence-corrected chi connectivity index (χ1v) is 4.80. The average molecular weight is 221 g/mol. The average Bonchev–Trinajstić information content (AvgIpc) is 2.01. The Balaban J connectivity index is 2.23. The molecule has 0 radical (unpaired) electrons. The predicted molar refractivity (Wildman–Crippen MR) is 50.9 cm³/mol. The van der Waals surface area contributed by atoms with Crippen LogP contribution in [-0.2, 0) is 14.3 Å². The predicted octanol–water partition coefficient (Wildman–Crippen LogP) is -0.454. The molecule has 0 aromatic heterocycles. The third-order valence-electron chi connectivity index (χ3n) is 1.82. The fourth-order valence-corrected chi connectivity index (χ4v) is 1.57. The summed E-state index contributed by atoms with van der Waals surface area (Å²) in [6.45, 7) is 3.08. The van der Waals surface area contributed by atoms with Gasteiger partial charge in [0.15, 0.2) is 0 Å². The standard InChI is InChI=1S/C8H13ClN2O3/c1-6(12)14-3-2-11-4-7(9)10-8(13)5-11/h7H,2-5H2,1H3,(H,10,13). The lowest BCUT2D eigenvalue weighted by molar-refractivity contribution is -0.141. The second-order valence-corrected chi connectivity index (χ2v) is 3.64. The number of carbonyl (C=O) groups is 2. The van der Waals surface area contributed by atoms with Crippen molar-refractivity contribution in [1.29, 1.82) is 0 Å². The molecule has 14 heavy (non-hydrogen) atoms. The number of esters is 1. The number of rotatable bonds is 3. The molecule has 0 bridgehead atoms. The van der Waals surface area contributed by atoms with Gasteiger partial charge in [-0.05, 0) is 0 Å². The minimum absolute atomic E-state index is 0.0981. The van der Waals surface area contributed by atoms with Crippen molar-refractivity contribution in [3.63, 3.8) is 0 Å². The SMILES string of the molecule is CC(=O)OCCN1CC(=O)NC(Cl)C1. The number of carbonyl (C=O) groups excluding carboxylic acids is 2. The first kappa shape index (κ1) is 11.3. The molecule has 5 nitrogen and oxygen atoms in total. The zero-order valence-corrected chi connectivity index (χ0v) is 8.71. The molecule has 1 aliphatic heterocycles. The summed E-state index contributed by atoms with van der Waals surface area (Å²) < 4.78 is 4.76. The number of nitrogens with one attached hydrogen (secondary N) is 1. The summed E-state index contributed by atoms with van der Waals surface area (Å²) >= 11 is 5.77. The molecular weight excluding hydrogens is 208 g/mol. The Morgan fingerprint density at radius 1 is 1.79 bits per heavy atom. The zero-order valence-electron chi connectivity index (χ0n) is 7.96. The van der Waals surface area contributed by atoms with Crippen molar-refractivity contribution in [3.05, 3.63) is 0 Å². The summed E-state index contributed by atoms with van der Waals surface area (Å²) in [6.07, 6.45) is 0. The van der Waals surface area contributed by atoms with Gasteiger partial charge in [-0.1, -0.05) is 11.6 Å². The molecule has 1 saturated heterocycles. The van der Waals surface area contributed by atoms with Crippen molar-refractivity contribution in [3.8, 4) is 0 Å². The highest BCUT2D eigenvalue weighted by atomic mass is 35.5. The van der Waals surface area contributed by atoms with Crippen LogP contribution in [-0.4, -0.2) is 48.5 Å². The Kier molecular flexibility index (Phi) is 4.16. The maximum absolute atomic E-state index is 11.0. The van der Waals surface area contributed by atoms with Crippen molar-refractivity contribution < 1.29 is 14.3 Å². The topological polar surface area (TPSA) is 58.6 Å². The van der Waals surface area contributed by atoms with E-state index in [1.54, 1.807) is 0 Å². The van der Waals surface area contributed by atoms with Crippen molar-refractivity contribution in [2.24, 2.45) is 0 Å². The van der Waals surface area contributed by atoms with Gasteiger partial charge in [-0.25, -0.2) is 0 Å². The van der Waals surface area contributed by atoms with Crippen molar-refractivity contribution in [2.45, 2.75) is 12.4 Å². The molecule has 0 aromatic rings. The van der Waals surface area contributed by atoms with E-state index in [0.717, 1.165) is 0 Å². The number of alkyl halides is 1. The highest BCUT2D eigenvalue weighted by Crippen LogP contribution is 2.02. The Hall–Kier alpha value is -0.810. The molecular formula is C8H13ClN2O3. The molecule has 1 unspecified atom stereocenters. The second kappa shape index (κ2) is 5.17. The molecule has 80 valence electrons. The zero-order chi connectivity index (χ0) is 10.6. The minimum atomic E-state index is -0.353. The van der Waals surface area contributed by atoms with E-state index in [1.165, 1.54) is 6.92 Å². The van der Waals surface area contributed by atoms with Gasteiger partial charge < -0.3 is 10.1 Å². The van der Waals surface area contributed by atoms with Crippen LogP contribution in [0.2, 0.25) is 0 Å². The third-order valence-corrected chi connectivity index (χ3v) is 2.06. The number of nitrogens with zero attached hydrogens (tertiary/aromatic N) is 1. The van der Waals surface area contributed by atoms with Crippen LogP contribution in [0.1, 0.15) is 6.92 Å². The van der Waals surface area contributed by atoms with Gasteiger partial charge in [-0.3, -0.25) is 14.5 Å². The molecule has 0 aromatic carbocycles. The Labute approximate surface area is 87.3 Å². The lowest BCUT2D eigenvalue weighted by Crippen LogP contribution is -2.52. The van der Waals surface area contributed by atoms with Gasteiger partial charge in [-0.2, -0.15) is 0 Å². The summed E-state index contributed by atoms with van der Waals surface area (Å²) in [5.41, 5.74) is -0.353. The van der Waals surface area contributed by atoms with Crippen LogP contribution in [0.5, 0.6) is 0 Å². The number of piperazine rings is 1. The third kappa shape index (κ3) is 3.93. The summed E-state index contributed by atoms with van der Waals surface area (Å²) in [6, 6.07) is 0. The number of hydrogen-bond acceptors (Lipinski definition) is 4. The maximum Gasteiger partial charge on any atom is 0.302 e. The maximum atomic E-state index is 11.0. The van der Waals surface area contributed by atoms with Crippen molar-refractivity contribution in [1.82, 2.24) is 10.2 Å². The second-order valence-electron chi connectivity index (χ2n) is 3.11. The van der Waals surface area contributed by atoms with E-state index in [-0.39, 0.29) is 17.4 Å². The van der Waals surface area contributed by atoms with E-state index in [0.29, 0.717) is 26.2 Å². The van der Waals surface area contributed by atoms with Crippen LogP contribution in [0.15, 0.2) is 0 Å². The van der Waals surface area contributed by atoms with Gasteiger partial charge in [0.05, 0.1) is 6.54 Å².